The Kier molecular flexibility index (Phi) is 11.1. The van der Waals surface area contributed by atoms with Gasteiger partial charge in [0.05, 0.1) is 18.8 Å². The lowest BCUT2D eigenvalue weighted by molar-refractivity contribution is -0.358. The van der Waals surface area contributed by atoms with E-state index < -0.39 is 144 Å². The molecule has 12 N–H and O–H groups in total. The third-order valence-electron chi connectivity index (χ3n) is 9.36. The second kappa shape index (κ2) is 15.1. The van der Waals surface area contributed by atoms with Gasteiger partial charge in [0.1, 0.15) is 83.5 Å². The SMILES string of the molecule is C[C@@H]1O[C@@H](OC[C@@H]2O[C@@H](Oc3c(-c4ccc(O)c(O)c4)oc4cc(O)cc(O)c4c3=O)[C@H](O)[C@@H](O)[C@H]2O)[C@H](O)[C@@H](O[C@@H]2O[C@H](C)[C@H](O)[C@H](O)[C@@H]2O)[C@H]1O. The van der Waals surface area contributed by atoms with Crippen LogP contribution in [0.3, 0.4) is 0 Å². The van der Waals surface area contributed by atoms with Crippen LogP contribution in [-0.4, -0.2) is 160 Å². The Balaban J connectivity index is 1.23. The van der Waals surface area contributed by atoms with E-state index in [2.05, 4.69) is 0 Å². The van der Waals surface area contributed by atoms with E-state index in [9.17, 15) is 66.1 Å². The lowest BCUT2D eigenvalue weighted by atomic mass is 9.97. The van der Waals surface area contributed by atoms with Crippen LogP contribution in [0.2, 0.25) is 0 Å². The molecule has 0 radical (unpaired) electrons. The summed E-state index contributed by atoms with van der Waals surface area (Å²) in [6.45, 7) is 2.11. The summed E-state index contributed by atoms with van der Waals surface area (Å²) >= 11 is 0. The fraction of sp³-hybridized carbons (Fsp3) is 0.545. The Morgan fingerprint density at radius 2 is 1.28 bits per heavy atom. The first-order valence-electron chi connectivity index (χ1n) is 16.4. The number of ether oxygens (including phenoxy) is 6. The number of phenols is 4. The van der Waals surface area contributed by atoms with E-state index >= 15 is 0 Å². The van der Waals surface area contributed by atoms with Gasteiger partial charge in [-0.25, -0.2) is 0 Å². The number of fused-ring (bicyclic) bond motifs is 1. The Labute approximate surface area is 298 Å². The van der Waals surface area contributed by atoms with Gasteiger partial charge in [-0.05, 0) is 32.0 Å². The largest absolute Gasteiger partial charge is 0.508 e. The number of hydrogen-bond acceptors (Lipinski definition) is 20. The second-order valence-corrected chi connectivity index (χ2v) is 13.1. The molecule has 0 unspecified atom stereocenters. The lowest BCUT2D eigenvalue weighted by Gasteiger charge is -2.46. The van der Waals surface area contributed by atoms with Crippen LogP contribution in [0.15, 0.2) is 39.5 Å². The molecule has 292 valence electrons. The summed E-state index contributed by atoms with van der Waals surface area (Å²) in [5.74, 6) is -3.51. The molecule has 3 fully saturated rings. The monoisotopic (exact) mass is 756 g/mol. The zero-order chi connectivity index (χ0) is 38.6. The van der Waals surface area contributed by atoms with Gasteiger partial charge in [0.2, 0.25) is 17.5 Å². The zero-order valence-electron chi connectivity index (χ0n) is 27.9. The van der Waals surface area contributed by atoms with Crippen molar-refractivity contribution in [1.82, 2.24) is 0 Å². The minimum absolute atomic E-state index is 0.0642. The fourth-order valence-electron chi connectivity index (χ4n) is 6.26. The van der Waals surface area contributed by atoms with Crippen molar-refractivity contribution < 1.29 is 94.1 Å². The Hall–Kier alpha value is -3.87. The molecule has 0 spiro atoms. The van der Waals surface area contributed by atoms with Crippen molar-refractivity contribution in [3.05, 3.63) is 40.6 Å². The van der Waals surface area contributed by atoms with Crippen LogP contribution in [0.1, 0.15) is 13.8 Å². The van der Waals surface area contributed by atoms with Gasteiger partial charge >= 0.3 is 0 Å². The van der Waals surface area contributed by atoms with E-state index in [0.29, 0.717) is 0 Å². The lowest BCUT2D eigenvalue weighted by Crippen LogP contribution is -2.64. The van der Waals surface area contributed by atoms with Crippen LogP contribution in [0, 0.1) is 0 Å². The molecule has 3 aliphatic rings. The molecule has 20 heteroatoms. The van der Waals surface area contributed by atoms with E-state index in [4.69, 9.17) is 32.8 Å². The average molecular weight is 757 g/mol. The zero-order valence-corrected chi connectivity index (χ0v) is 27.9. The maximum Gasteiger partial charge on any atom is 0.239 e. The van der Waals surface area contributed by atoms with Gasteiger partial charge < -0.3 is 94.1 Å². The molecule has 6 rings (SSSR count). The van der Waals surface area contributed by atoms with Crippen LogP contribution in [-0.2, 0) is 23.7 Å². The van der Waals surface area contributed by atoms with Gasteiger partial charge in [-0.1, -0.05) is 0 Å². The highest BCUT2D eigenvalue weighted by Crippen LogP contribution is 2.40. The van der Waals surface area contributed by atoms with Gasteiger partial charge in [-0.15, -0.1) is 0 Å². The fourth-order valence-corrected chi connectivity index (χ4v) is 6.26. The van der Waals surface area contributed by atoms with Crippen LogP contribution in [0.4, 0.5) is 0 Å². The van der Waals surface area contributed by atoms with Crippen molar-refractivity contribution in [3.8, 4) is 40.1 Å². The van der Waals surface area contributed by atoms with Crippen molar-refractivity contribution in [2.24, 2.45) is 0 Å². The molecule has 0 bridgehead atoms. The van der Waals surface area contributed by atoms with Gasteiger partial charge in [-0.2, -0.15) is 0 Å². The molecular weight excluding hydrogens is 716 g/mol. The summed E-state index contributed by atoms with van der Waals surface area (Å²) in [6, 6.07) is 5.15. The summed E-state index contributed by atoms with van der Waals surface area (Å²) in [7, 11) is 0. The van der Waals surface area contributed by atoms with E-state index in [1.165, 1.54) is 19.9 Å². The van der Waals surface area contributed by atoms with E-state index in [1.54, 1.807) is 0 Å². The van der Waals surface area contributed by atoms with Gasteiger partial charge in [0, 0.05) is 17.7 Å². The summed E-state index contributed by atoms with van der Waals surface area (Å²) in [6.07, 6.45) is -24.5. The van der Waals surface area contributed by atoms with Gasteiger partial charge in [0.25, 0.3) is 0 Å². The van der Waals surface area contributed by atoms with Crippen molar-refractivity contribution in [1.29, 1.82) is 0 Å². The maximum atomic E-state index is 13.7. The second-order valence-electron chi connectivity index (χ2n) is 13.1. The number of phenolic OH excluding ortho intramolecular Hbond substituents is 4. The first-order valence-corrected chi connectivity index (χ1v) is 16.4. The van der Waals surface area contributed by atoms with E-state index in [0.717, 1.165) is 24.3 Å². The average Bonchev–Trinajstić information content (AvgIpc) is 3.11. The van der Waals surface area contributed by atoms with Crippen molar-refractivity contribution in [2.45, 2.75) is 106 Å². The number of aliphatic hydroxyl groups excluding tert-OH is 8. The normalized spacial score (nSPS) is 37.8. The Morgan fingerprint density at radius 1 is 0.642 bits per heavy atom. The van der Waals surface area contributed by atoms with Crippen LogP contribution in [0.25, 0.3) is 22.3 Å². The van der Waals surface area contributed by atoms with E-state index in [1.807, 2.05) is 0 Å². The molecule has 0 saturated carbocycles. The quantitative estimate of drug-likeness (QED) is 0.103. The number of aromatic hydroxyl groups is 4. The summed E-state index contributed by atoms with van der Waals surface area (Å²) in [5.41, 5.74) is -1.45. The highest BCUT2D eigenvalue weighted by molar-refractivity contribution is 5.88. The first-order chi connectivity index (χ1) is 25.0. The van der Waals surface area contributed by atoms with Gasteiger partial charge in [-0.3, -0.25) is 4.79 Å². The molecule has 2 aromatic carbocycles. The summed E-state index contributed by atoms with van der Waals surface area (Å²) in [4.78, 5) is 13.7. The molecule has 15 atom stereocenters. The van der Waals surface area contributed by atoms with Crippen molar-refractivity contribution in [3.63, 3.8) is 0 Å². The number of rotatable bonds is 8. The smallest absolute Gasteiger partial charge is 0.239 e. The summed E-state index contributed by atoms with van der Waals surface area (Å²) < 4.78 is 39.5. The molecule has 53 heavy (non-hydrogen) atoms. The molecule has 0 amide bonds. The minimum atomic E-state index is -2.03. The van der Waals surface area contributed by atoms with Crippen molar-refractivity contribution >= 4 is 11.0 Å². The molecule has 3 aliphatic heterocycles. The molecule has 3 aromatic rings. The third-order valence-corrected chi connectivity index (χ3v) is 9.36. The van der Waals surface area contributed by atoms with Gasteiger partial charge in [0.15, 0.2) is 29.8 Å². The Bertz CT molecular complexity index is 1830. The number of hydrogen-bond donors (Lipinski definition) is 12. The van der Waals surface area contributed by atoms with Crippen LogP contribution < -0.4 is 10.2 Å². The predicted octanol–water partition coefficient (Wildman–Crippen LogP) is -2.84. The van der Waals surface area contributed by atoms with E-state index in [-0.39, 0.29) is 11.1 Å². The third kappa shape index (κ3) is 7.34. The highest BCUT2D eigenvalue weighted by atomic mass is 16.7. The minimum Gasteiger partial charge on any atom is -0.508 e. The number of benzene rings is 2. The topological polar surface area (TPSA) is 328 Å². The standard InChI is InChI=1S/C33H40O20/c1-9-19(38)23(42)25(44)32(49-9)52-29-20(39)10(2)48-31(27(29)46)47-8-17-21(40)24(43)26(45)33(51-17)53-30-22(41)18-15(37)6-12(34)7-16(18)50-28(30)11-3-4-13(35)14(36)5-11/h3-7,9-10,17,19-21,23-27,29,31-40,42-46H,8H2,1-2H3/t9-,10+,17+,19+,20+,21+,23+,24+,25+,26-,27-,29+,31-,32+,33+/m1/s1. The molecule has 20 nitrogen and oxygen atoms in total. The van der Waals surface area contributed by atoms with Crippen LogP contribution >= 0.6 is 0 Å². The highest BCUT2D eigenvalue weighted by Gasteiger charge is 2.51. The van der Waals surface area contributed by atoms with Crippen LogP contribution in [0.5, 0.6) is 28.7 Å². The molecular formula is C33H40O20. The Morgan fingerprint density at radius 3 is 1.98 bits per heavy atom. The molecule has 0 aliphatic carbocycles. The molecule has 1 aromatic heterocycles. The molecule has 3 saturated heterocycles. The maximum absolute atomic E-state index is 13.7. The first kappa shape index (κ1) is 38.8. The summed E-state index contributed by atoms with van der Waals surface area (Å²) in [5, 5.41) is 125. The number of aliphatic hydroxyl groups is 8. The van der Waals surface area contributed by atoms with Crippen molar-refractivity contribution in [2.75, 3.05) is 6.61 Å². The molecule has 4 heterocycles. The predicted molar refractivity (Wildman–Crippen MR) is 171 cm³/mol.